The third kappa shape index (κ3) is 3.88. The predicted molar refractivity (Wildman–Crippen MR) is 76.5 cm³/mol. The van der Waals surface area contributed by atoms with Crippen LogP contribution in [-0.4, -0.2) is 31.1 Å². The van der Waals surface area contributed by atoms with Crippen LogP contribution in [-0.2, 0) is 9.53 Å². The molecule has 0 heterocycles. The summed E-state index contributed by atoms with van der Waals surface area (Å²) in [5.41, 5.74) is 7.03. The Labute approximate surface area is 117 Å². The number of anilines is 2. The molecule has 0 spiro atoms. The number of nitrogens with one attached hydrogen (secondary N) is 2. The molecule has 6 nitrogen and oxygen atoms in total. The number of amides is 1. The summed E-state index contributed by atoms with van der Waals surface area (Å²) in [7, 11) is 0. The van der Waals surface area contributed by atoms with E-state index in [2.05, 4.69) is 10.6 Å². The summed E-state index contributed by atoms with van der Waals surface area (Å²) < 4.78 is 4.97. The second-order valence-electron chi connectivity index (χ2n) is 4.72. The standard InChI is InChI=1S/C14H19N3O3/c1-2-20-14(19)11-7-9(15)3-6-12(11)16-8-13(18)17-10-4-5-10/h3,6-7,10,16H,2,4-5,8,15H2,1H3,(H,17,18). The number of carbonyl (C=O) groups is 2. The minimum Gasteiger partial charge on any atom is -0.462 e. The van der Waals surface area contributed by atoms with Gasteiger partial charge in [-0.1, -0.05) is 0 Å². The van der Waals surface area contributed by atoms with Gasteiger partial charge in [-0.3, -0.25) is 4.79 Å². The van der Waals surface area contributed by atoms with Gasteiger partial charge in [0.05, 0.1) is 18.7 Å². The van der Waals surface area contributed by atoms with Crippen LogP contribution in [0.15, 0.2) is 18.2 Å². The third-order valence-corrected chi connectivity index (χ3v) is 2.92. The van der Waals surface area contributed by atoms with Crippen molar-refractivity contribution < 1.29 is 14.3 Å². The molecule has 0 unspecified atom stereocenters. The van der Waals surface area contributed by atoms with Crippen molar-refractivity contribution in [2.45, 2.75) is 25.8 Å². The highest BCUT2D eigenvalue weighted by Gasteiger charge is 2.23. The van der Waals surface area contributed by atoms with Crippen molar-refractivity contribution in [1.29, 1.82) is 0 Å². The van der Waals surface area contributed by atoms with Gasteiger partial charge in [0.2, 0.25) is 5.91 Å². The van der Waals surface area contributed by atoms with Crippen LogP contribution in [0.25, 0.3) is 0 Å². The largest absolute Gasteiger partial charge is 0.462 e. The molecule has 0 aromatic heterocycles. The average molecular weight is 277 g/mol. The lowest BCUT2D eigenvalue weighted by atomic mass is 10.1. The van der Waals surface area contributed by atoms with Crippen molar-refractivity contribution in [3.63, 3.8) is 0 Å². The van der Waals surface area contributed by atoms with Crippen LogP contribution in [0.3, 0.4) is 0 Å². The van der Waals surface area contributed by atoms with E-state index in [0.717, 1.165) is 12.8 Å². The molecule has 4 N–H and O–H groups in total. The Morgan fingerprint density at radius 2 is 2.15 bits per heavy atom. The number of nitrogens with two attached hydrogens (primary N) is 1. The summed E-state index contributed by atoms with van der Waals surface area (Å²) in [6, 6.07) is 5.20. The summed E-state index contributed by atoms with van der Waals surface area (Å²) in [5, 5.41) is 5.81. The molecule has 20 heavy (non-hydrogen) atoms. The smallest absolute Gasteiger partial charge is 0.340 e. The first-order valence-corrected chi connectivity index (χ1v) is 6.70. The highest BCUT2D eigenvalue weighted by Crippen LogP contribution is 2.20. The van der Waals surface area contributed by atoms with Crippen LogP contribution in [0.5, 0.6) is 0 Å². The van der Waals surface area contributed by atoms with Crippen LogP contribution in [0.1, 0.15) is 30.1 Å². The normalized spacial score (nSPS) is 13.7. The maximum Gasteiger partial charge on any atom is 0.340 e. The summed E-state index contributed by atoms with van der Waals surface area (Å²) in [4.78, 5) is 23.5. The van der Waals surface area contributed by atoms with Gasteiger partial charge in [-0.05, 0) is 38.0 Å². The van der Waals surface area contributed by atoms with Crippen molar-refractivity contribution in [2.75, 3.05) is 24.2 Å². The molecule has 108 valence electrons. The lowest BCUT2D eigenvalue weighted by molar-refractivity contribution is -0.119. The minimum atomic E-state index is -0.454. The van der Waals surface area contributed by atoms with Crippen LogP contribution in [0.2, 0.25) is 0 Å². The molecule has 1 aliphatic carbocycles. The summed E-state index contributed by atoms with van der Waals surface area (Å²) in [5.74, 6) is -0.538. The first kappa shape index (κ1) is 14.2. The zero-order valence-electron chi connectivity index (χ0n) is 11.4. The highest BCUT2D eigenvalue weighted by atomic mass is 16.5. The molecular formula is C14H19N3O3. The van der Waals surface area contributed by atoms with Crippen LogP contribution >= 0.6 is 0 Å². The Kier molecular flexibility index (Phi) is 4.45. The molecule has 1 aromatic carbocycles. The van der Waals surface area contributed by atoms with E-state index in [4.69, 9.17) is 10.5 Å². The predicted octanol–water partition coefficient (Wildman–Crippen LogP) is 1.14. The Morgan fingerprint density at radius 3 is 2.80 bits per heavy atom. The topological polar surface area (TPSA) is 93.4 Å². The Balaban J connectivity index is 2.01. The number of carbonyl (C=O) groups excluding carboxylic acids is 2. The molecule has 1 aliphatic rings. The zero-order valence-corrected chi connectivity index (χ0v) is 11.4. The van der Waals surface area contributed by atoms with Gasteiger partial charge in [0, 0.05) is 17.4 Å². The molecule has 1 aromatic rings. The maximum atomic E-state index is 11.8. The van der Waals surface area contributed by atoms with Crippen molar-refractivity contribution in [1.82, 2.24) is 5.32 Å². The summed E-state index contributed by atoms with van der Waals surface area (Å²) >= 11 is 0. The molecular weight excluding hydrogens is 258 g/mol. The van der Waals surface area contributed by atoms with Crippen molar-refractivity contribution in [3.8, 4) is 0 Å². The molecule has 0 saturated heterocycles. The fourth-order valence-electron chi connectivity index (χ4n) is 1.78. The number of rotatable bonds is 6. The molecule has 2 rings (SSSR count). The van der Waals surface area contributed by atoms with Gasteiger partial charge in [0.1, 0.15) is 0 Å². The first-order valence-electron chi connectivity index (χ1n) is 6.70. The van der Waals surface area contributed by atoms with Gasteiger partial charge in [-0.25, -0.2) is 4.79 Å². The van der Waals surface area contributed by atoms with E-state index in [0.29, 0.717) is 23.0 Å². The van der Waals surface area contributed by atoms with E-state index >= 15 is 0 Å². The average Bonchev–Trinajstić information content (AvgIpc) is 3.21. The fourth-order valence-corrected chi connectivity index (χ4v) is 1.78. The maximum absolute atomic E-state index is 11.8. The number of benzene rings is 1. The van der Waals surface area contributed by atoms with E-state index in [1.54, 1.807) is 25.1 Å². The number of ether oxygens (including phenoxy) is 1. The van der Waals surface area contributed by atoms with E-state index < -0.39 is 5.97 Å². The van der Waals surface area contributed by atoms with Gasteiger partial charge in [0.25, 0.3) is 0 Å². The SMILES string of the molecule is CCOC(=O)c1cc(N)ccc1NCC(=O)NC1CC1. The molecule has 0 bridgehead atoms. The van der Waals surface area contributed by atoms with Crippen molar-refractivity contribution >= 4 is 23.3 Å². The third-order valence-electron chi connectivity index (χ3n) is 2.92. The van der Waals surface area contributed by atoms with Crippen LogP contribution in [0.4, 0.5) is 11.4 Å². The van der Waals surface area contributed by atoms with Gasteiger partial charge in [-0.15, -0.1) is 0 Å². The van der Waals surface area contributed by atoms with Gasteiger partial charge in [0.15, 0.2) is 0 Å². The molecule has 0 aliphatic heterocycles. The van der Waals surface area contributed by atoms with Crippen molar-refractivity contribution in [3.05, 3.63) is 23.8 Å². The fraction of sp³-hybridized carbons (Fsp3) is 0.429. The Hall–Kier alpha value is -2.24. The van der Waals surface area contributed by atoms with Crippen LogP contribution < -0.4 is 16.4 Å². The molecule has 0 atom stereocenters. The first-order chi connectivity index (χ1) is 9.60. The van der Waals surface area contributed by atoms with E-state index in [1.165, 1.54) is 0 Å². The Bertz CT molecular complexity index is 512. The lowest BCUT2D eigenvalue weighted by Crippen LogP contribution is -2.31. The monoisotopic (exact) mass is 277 g/mol. The molecule has 1 fully saturated rings. The zero-order chi connectivity index (χ0) is 14.5. The second kappa shape index (κ2) is 6.27. The lowest BCUT2D eigenvalue weighted by Gasteiger charge is -2.12. The molecule has 6 heteroatoms. The van der Waals surface area contributed by atoms with E-state index in [9.17, 15) is 9.59 Å². The van der Waals surface area contributed by atoms with Gasteiger partial charge >= 0.3 is 5.97 Å². The summed E-state index contributed by atoms with van der Waals surface area (Å²) in [6.07, 6.45) is 2.09. The number of nitrogen functional groups attached to an aromatic ring is 1. The second-order valence-corrected chi connectivity index (χ2v) is 4.72. The van der Waals surface area contributed by atoms with E-state index in [1.807, 2.05) is 0 Å². The molecule has 0 radical (unpaired) electrons. The van der Waals surface area contributed by atoms with Gasteiger partial charge in [-0.2, -0.15) is 0 Å². The molecule has 1 amide bonds. The Morgan fingerprint density at radius 1 is 1.40 bits per heavy atom. The van der Waals surface area contributed by atoms with Crippen molar-refractivity contribution in [2.24, 2.45) is 0 Å². The summed E-state index contributed by atoms with van der Waals surface area (Å²) in [6.45, 7) is 2.14. The highest BCUT2D eigenvalue weighted by molar-refractivity contribution is 5.97. The van der Waals surface area contributed by atoms with Crippen LogP contribution in [0, 0.1) is 0 Å². The van der Waals surface area contributed by atoms with Gasteiger partial charge < -0.3 is 21.1 Å². The number of esters is 1. The molecule has 1 saturated carbocycles. The quantitative estimate of drug-likeness (QED) is 0.535. The van der Waals surface area contributed by atoms with E-state index in [-0.39, 0.29) is 19.1 Å². The number of hydrogen-bond donors (Lipinski definition) is 3. The number of hydrogen-bond acceptors (Lipinski definition) is 5. The minimum absolute atomic E-state index is 0.0841.